The first-order valence-corrected chi connectivity index (χ1v) is 4.70. The zero-order valence-electron chi connectivity index (χ0n) is 8.56. The summed E-state index contributed by atoms with van der Waals surface area (Å²) in [6, 6.07) is 1.67. The van der Waals surface area contributed by atoms with Crippen molar-refractivity contribution in [3.8, 4) is 5.88 Å². The van der Waals surface area contributed by atoms with Gasteiger partial charge in [-0.05, 0) is 6.92 Å². The van der Waals surface area contributed by atoms with E-state index in [4.69, 9.17) is 10.5 Å². The minimum atomic E-state index is -0.358. The third-order valence-electron chi connectivity index (χ3n) is 1.58. The molecular formula is C9H14N4O2. The zero-order chi connectivity index (χ0) is 11.1. The Morgan fingerprint density at radius 1 is 1.67 bits per heavy atom. The molecule has 15 heavy (non-hydrogen) atoms. The van der Waals surface area contributed by atoms with Gasteiger partial charge in [0.05, 0.1) is 6.61 Å². The van der Waals surface area contributed by atoms with E-state index in [0.29, 0.717) is 25.0 Å². The summed E-state index contributed by atoms with van der Waals surface area (Å²) in [6.07, 6.45) is 1.84. The van der Waals surface area contributed by atoms with Crippen LogP contribution in [0.25, 0.3) is 0 Å². The quantitative estimate of drug-likeness (QED) is 0.698. The summed E-state index contributed by atoms with van der Waals surface area (Å²) in [6.45, 7) is 2.85. The van der Waals surface area contributed by atoms with E-state index in [2.05, 4.69) is 15.3 Å². The maximum Gasteiger partial charge on any atom is 0.225 e. The van der Waals surface area contributed by atoms with Crippen LogP contribution in [0.3, 0.4) is 0 Å². The molecule has 0 spiro atoms. The number of aromatic nitrogens is 2. The Hall–Kier alpha value is -1.85. The summed E-state index contributed by atoms with van der Waals surface area (Å²) < 4.78 is 5.19. The number of carbonyl (C=O) groups excluding carboxylic acids is 1. The van der Waals surface area contributed by atoms with E-state index in [1.165, 1.54) is 0 Å². The summed E-state index contributed by atoms with van der Waals surface area (Å²) in [5.41, 5.74) is 4.99. The van der Waals surface area contributed by atoms with Gasteiger partial charge in [-0.1, -0.05) is 0 Å². The van der Waals surface area contributed by atoms with Gasteiger partial charge < -0.3 is 15.8 Å². The highest BCUT2D eigenvalue weighted by molar-refractivity contribution is 5.74. The lowest BCUT2D eigenvalue weighted by Gasteiger charge is -2.05. The van der Waals surface area contributed by atoms with Crippen molar-refractivity contribution < 1.29 is 9.53 Å². The molecule has 1 aromatic heterocycles. The number of ether oxygens (including phenoxy) is 1. The van der Waals surface area contributed by atoms with Crippen LogP contribution in [0.4, 0.5) is 5.95 Å². The normalized spacial score (nSPS) is 9.67. The van der Waals surface area contributed by atoms with Crippen LogP contribution in [0.1, 0.15) is 13.3 Å². The van der Waals surface area contributed by atoms with Crippen LogP contribution in [0.5, 0.6) is 5.88 Å². The minimum absolute atomic E-state index is 0.252. The molecule has 0 aliphatic rings. The topological polar surface area (TPSA) is 90.1 Å². The molecule has 0 fully saturated rings. The molecule has 0 aliphatic carbocycles. The van der Waals surface area contributed by atoms with Gasteiger partial charge in [0.1, 0.15) is 0 Å². The predicted molar refractivity (Wildman–Crippen MR) is 55.5 cm³/mol. The van der Waals surface area contributed by atoms with Crippen LogP contribution in [-0.2, 0) is 4.79 Å². The van der Waals surface area contributed by atoms with E-state index < -0.39 is 0 Å². The summed E-state index contributed by atoms with van der Waals surface area (Å²) >= 11 is 0. The molecule has 1 aromatic rings. The first-order chi connectivity index (χ1) is 7.22. The summed E-state index contributed by atoms with van der Waals surface area (Å²) in [4.78, 5) is 18.5. The van der Waals surface area contributed by atoms with E-state index in [-0.39, 0.29) is 12.3 Å². The van der Waals surface area contributed by atoms with E-state index in [0.717, 1.165) is 0 Å². The summed E-state index contributed by atoms with van der Waals surface area (Å²) in [5, 5.41) is 2.87. The average molecular weight is 210 g/mol. The van der Waals surface area contributed by atoms with Gasteiger partial charge in [-0.2, -0.15) is 4.98 Å². The van der Waals surface area contributed by atoms with Crippen LogP contribution in [0.2, 0.25) is 0 Å². The maximum atomic E-state index is 10.5. The Morgan fingerprint density at radius 3 is 3.13 bits per heavy atom. The predicted octanol–water partition coefficient (Wildman–Crippen LogP) is 0.163. The third-order valence-corrected chi connectivity index (χ3v) is 1.58. The van der Waals surface area contributed by atoms with Gasteiger partial charge in [-0.3, -0.25) is 4.79 Å². The van der Waals surface area contributed by atoms with Gasteiger partial charge in [-0.25, -0.2) is 4.98 Å². The van der Waals surface area contributed by atoms with Gasteiger partial charge in [-0.15, -0.1) is 0 Å². The molecule has 1 heterocycles. The van der Waals surface area contributed by atoms with Crippen LogP contribution in [0.15, 0.2) is 12.3 Å². The fourth-order valence-electron chi connectivity index (χ4n) is 0.953. The smallest absolute Gasteiger partial charge is 0.225 e. The Kier molecular flexibility index (Phi) is 4.33. The molecule has 3 N–H and O–H groups in total. The summed E-state index contributed by atoms with van der Waals surface area (Å²) in [7, 11) is 0. The second-order valence-electron chi connectivity index (χ2n) is 2.79. The first kappa shape index (κ1) is 11.2. The minimum Gasteiger partial charge on any atom is -0.478 e. The fourth-order valence-corrected chi connectivity index (χ4v) is 0.953. The molecule has 6 nitrogen and oxygen atoms in total. The van der Waals surface area contributed by atoms with Gasteiger partial charge >= 0.3 is 0 Å². The lowest BCUT2D eigenvalue weighted by atomic mass is 10.4. The highest BCUT2D eigenvalue weighted by atomic mass is 16.5. The van der Waals surface area contributed by atoms with Crippen molar-refractivity contribution in [3.05, 3.63) is 12.3 Å². The van der Waals surface area contributed by atoms with Crippen molar-refractivity contribution in [1.29, 1.82) is 0 Å². The number of amides is 1. The number of carbonyl (C=O) groups is 1. The van der Waals surface area contributed by atoms with Crippen molar-refractivity contribution in [2.45, 2.75) is 13.3 Å². The lowest BCUT2D eigenvalue weighted by molar-refractivity contribution is -0.117. The average Bonchev–Trinajstić information content (AvgIpc) is 2.18. The SMILES string of the molecule is CCOc1ccnc(NCCC(N)=O)n1. The number of nitrogens with zero attached hydrogens (tertiary/aromatic N) is 2. The third kappa shape index (κ3) is 4.26. The van der Waals surface area contributed by atoms with E-state index in [1.807, 2.05) is 6.92 Å². The number of hydrogen-bond donors (Lipinski definition) is 2. The van der Waals surface area contributed by atoms with Crippen molar-refractivity contribution in [2.75, 3.05) is 18.5 Å². The van der Waals surface area contributed by atoms with Crippen LogP contribution in [-0.4, -0.2) is 29.0 Å². The molecule has 0 aromatic carbocycles. The molecule has 0 saturated heterocycles. The maximum absolute atomic E-state index is 10.5. The number of nitrogens with one attached hydrogen (secondary N) is 1. The second-order valence-corrected chi connectivity index (χ2v) is 2.79. The van der Waals surface area contributed by atoms with Crippen molar-refractivity contribution >= 4 is 11.9 Å². The molecule has 0 bridgehead atoms. The number of primary amides is 1. The molecule has 0 unspecified atom stereocenters. The van der Waals surface area contributed by atoms with Crippen LogP contribution >= 0.6 is 0 Å². The molecule has 1 rings (SSSR count). The largest absolute Gasteiger partial charge is 0.478 e. The summed E-state index contributed by atoms with van der Waals surface area (Å²) in [5.74, 6) is 0.583. The van der Waals surface area contributed by atoms with Gasteiger partial charge in [0, 0.05) is 25.2 Å². The van der Waals surface area contributed by atoms with Crippen LogP contribution < -0.4 is 15.8 Å². The number of nitrogens with two attached hydrogens (primary N) is 1. The molecule has 0 radical (unpaired) electrons. The Bertz CT molecular complexity index is 330. The highest BCUT2D eigenvalue weighted by Crippen LogP contribution is 2.07. The molecule has 82 valence electrons. The molecule has 6 heteroatoms. The molecular weight excluding hydrogens is 196 g/mol. The molecule has 0 aliphatic heterocycles. The van der Waals surface area contributed by atoms with Gasteiger partial charge in [0.15, 0.2) is 0 Å². The zero-order valence-corrected chi connectivity index (χ0v) is 8.56. The van der Waals surface area contributed by atoms with Crippen molar-refractivity contribution in [3.63, 3.8) is 0 Å². The highest BCUT2D eigenvalue weighted by Gasteiger charge is 1.99. The molecule has 0 saturated carbocycles. The Balaban J connectivity index is 2.46. The van der Waals surface area contributed by atoms with Crippen molar-refractivity contribution in [2.24, 2.45) is 5.73 Å². The van der Waals surface area contributed by atoms with Gasteiger partial charge in [0.2, 0.25) is 17.7 Å². The van der Waals surface area contributed by atoms with Gasteiger partial charge in [0.25, 0.3) is 0 Å². The number of anilines is 1. The lowest BCUT2D eigenvalue weighted by Crippen LogP contribution is -2.16. The number of rotatable bonds is 6. The molecule has 1 amide bonds. The van der Waals surface area contributed by atoms with Crippen molar-refractivity contribution in [1.82, 2.24) is 9.97 Å². The first-order valence-electron chi connectivity index (χ1n) is 4.70. The monoisotopic (exact) mass is 210 g/mol. The fraction of sp³-hybridized carbons (Fsp3) is 0.444. The Morgan fingerprint density at radius 2 is 2.47 bits per heavy atom. The standard InChI is InChI=1S/C9H14N4O2/c1-2-15-8-4-6-12-9(13-8)11-5-3-7(10)14/h4,6H,2-3,5H2,1H3,(H2,10,14)(H,11,12,13). The molecule has 0 atom stereocenters. The van der Waals surface area contributed by atoms with E-state index in [9.17, 15) is 4.79 Å². The Labute approximate surface area is 87.9 Å². The second kappa shape index (κ2) is 5.79. The van der Waals surface area contributed by atoms with Crippen LogP contribution in [0, 0.1) is 0 Å². The van der Waals surface area contributed by atoms with E-state index in [1.54, 1.807) is 12.3 Å². The number of hydrogen-bond acceptors (Lipinski definition) is 5. The van der Waals surface area contributed by atoms with E-state index >= 15 is 0 Å².